The highest BCUT2D eigenvalue weighted by molar-refractivity contribution is 5.87. The van der Waals surface area contributed by atoms with Crippen LogP contribution in [0.25, 0.3) is 0 Å². The third-order valence-electron chi connectivity index (χ3n) is 2.24. The van der Waals surface area contributed by atoms with Gasteiger partial charge in [0, 0.05) is 0 Å². The molecule has 0 fully saturated rings. The number of methoxy groups -OCH3 is 1. The molecule has 0 aliphatic carbocycles. The van der Waals surface area contributed by atoms with Gasteiger partial charge < -0.3 is 14.2 Å². The van der Waals surface area contributed by atoms with Gasteiger partial charge in [0.05, 0.1) is 32.5 Å². The van der Waals surface area contributed by atoms with E-state index in [1.165, 1.54) is 0 Å². The molecule has 0 atom stereocenters. The topological polar surface area (TPSA) is 44.8 Å². The van der Waals surface area contributed by atoms with Crippen LogP contribution < -0.4 is 4.74 Å². The van der Waals surface area contributed by atoms with Crippen LogP contribution in [-0.2, 0) is 20.9 Å². The van der Waals surface area contributed by atoms with Crippen molar-refractivity contribution in [1.82, 2.24) is 0 Å². The van der Waals surface area contributed by atoms with Crippen LogP contribution in [0.1, 0.15) is 12.5 Å². The lowest BCUT2D eigenvalue weighted by atomic mass is 10.2. The minimum absolute atomic E-state index is 0.163. The zero-order chi connectivity index (χ0) is 13.4. The Morgan fingerprint density at radius 1 is 1.39 bits per heavy atom. The monoisotopic (exact) mass is 250 g/mol. The van der Waals surface area contributed by atoms with Crippen LogP contribution in [0.4, 0.5) is 0 Å². The van der Waals surface area contributed by atoms with E-state index in [2.05, 4.69) is 6.58 Å². The van der Waals surface area contributed by atoms with Gasteiger partial charge in [-0.1, -0.05) is 18.7 Å². The molecule has 0 N–H and O–H groups in total. The quantitative estimate of drug-likeness (QED) is 0.550. The van der Waals surface area contributed by atoms with Crippen LogP contribution in [0, 0.1) is 0 Å². The summed E-state index contributed by atoms with van der Waals surface area (Å²) in [5, 5.41) is 0. The number of benzene rings is 1. The summed E-state index contributed by atoms with van der Waals surface area (Å²) >= 11 is 0. The first-order chi connectivity index (χ1) is 8.67. The number of carbonyl (C=O) groups is 1. The number of carbonyl (C=O) groups excluding carboxylic acids is 1. The highest BCUT2D eigenvalue weighted by Gasteiger charge is 2.07. The molecule has 0 amide bonds. The van der Waals surface area contributed by atoms with Gasteiger partial charge in [-0.25, -0.2) is 4.79 Å². The number of ether oxygens (including phenoxy) is 3. The van der Waals surface area contributed by atoms with Gasteiger partial charge in [-0.2, -0.15) is 0 Å². The van der Waals surface area contributed by atoms with Crippen molar-refractivity contribution >= 4 is 5.97 Å². The summed E-state index contributed by atoms with van der Waals surface area (Å²) in [4.78, 5) is 11.3. The van der Waals surface area contributed by atoms with Gasteiger partial charge in [0.25, 0.3) is 0 Å². The van der Waals surface area contributed by atoms with Gasteiger partial charge in [0.2, 0.25) is 0 Å². The Hall–Kier alpha value is -1.81. The Labute approximate surface area is 107 Å². The summed E-state index contributed by atoms with van der Waals surface area (Å²) in [5.74, 6) is 0.364. The van der Waals surface area contributed by atoms with Crippen molar-refractivity contribution in [2.75, 3.05) is 20.3 Å². The largest absolute Gasteiger partial charge is 0.497 e. The molecule has 0 bridgehead atoms. The van der Waals surface area contributed by atoms with Gasteiger partial charge in [0.15, 0.2) is 0 Å². The molecule has 0 unspecified atom stereocenters. The Bertz CT molecular complexity index is 412. The molecule has 0 aromatic heterocycles. The van der Waals surface area contributed by atoms with Gasteiger partial charge in [-0.05, 0) is 24.6 Å². The van der Waals surface area contributed by atoms with Gasteiger partial charge in [0.1, 0.15) is 5.75 Å². The molecule has 98 valence electrons. The molecular weight excluding hydrogens is 232 g/mol. The minimum atomic E-state index is -0.414. The molecule has 1 aromatic carbocycles. The molecule has 0 radical (unpaired) electrons. The van der Waals surface area contributed by atoms with Crippen molar-refractivity contribution in [1.29, 1.82) is 0 Å². The maximum absolute atomic E-state index is 11.3. The Balaban J connectivity index is 2.37. The SMILES string of the molecule is C=C(COCc1cccc(OC)c1)C(=O)OCC. The number of rotatable bonds is 7. The fraction of sp³-hybridized carbons (Fsp3) is 0.357. The molecule has 0 aliphatic heterocycles. The molecule has 0 spiro atoms. The van der Waals surface area contributed by atoms with E-state index in [4.69, 9.17) is 14.2 Å². The second-order valence-electron chi connectivity index (χ2n) is 3.67. The van der Waals surface area contributed by atoms with Crippen molar-refractivity contribution in [2.45, 2.75) is 13.5 Å². The first kappa shape index (κ1) is 14.3. The van der Waals surface area contributed by atoms with Gasteiger partial charge in [-0.15, -0.1) is 0 Å². The normalized spacial score (nSPS) is 9.89. The summed E-state index contributed by atoms with van der Waals surface area (Å²) in [7, 11) is 1.61. The smallest absolute Gasteiger partial charge is 0.335 e. The van der Waals surface area contributed by atoms with E-state index >= 15 is 0 Å². The van der Waals surface area contributed by atoms with Crippen LogP contribution in [0.5, 0.6) is 5.75 Å². The maximum Gasteiger partial charge on any atom is 0.335 e. The second kappa shape index (κ2) is 7.50. The van der Waals surface area contributed by atoms with Crippen molar-refractivity contribution < 1.29 is 19.0 Å². The van der Waals surface area contributed by atoms with Crippen molar-refractivity contribution in [3.05, 3.63) is 42.0 Å². The van der Waals surface area contributed by atoms with Crippen LogP contribution in [0.3, 0.4) is 0 Å². The summed E-state index contributed by atoms with van der Waals surface area (Å²) in [6.07, 6.45) is 0. The van der Waals surface area contributed by atoms with E-state index in [0.29, 0.717) is 18.8 Å². The van der Waals surface area contributed by atoms with Crippen LogP contribution in [0.15, 0.2) is 36.4 Å². The van der Waals surface area contributed by atoms with E-state index in [-0.39, 0.29) is 6.61 Å². The number of hydrogen-bond acceptors (Lipinski definition) is 4. The van der Waals surface area contributed by atoms with Crippen LogP contribution >= 0.6 is 0 Å². The third-order valence-corrected chi connectivity index (χ3v) is 2.24. The minimum Gasteiger partial charge on any atom is -0.497 e. The molecule has 1 rings (SSSR count). The van der Waals surface area contributed by atoms with E-state index < -0.39 is 5.97 Å². The zero-order valence-corrected chi connectivity index (χ0v) is 10.8. The molecule has 0 saturated carbocycles. The molecule has 0 heterocycles. The van der Waals surface area contributed by atoms with E-state index in [1.54, 1.807) is 14.0 Å². The lowest BCUT2D eigenvalue weighted by Crippen LogP contribution is -2.11. The first-order valence-corrected chi connectivity index (χ1v) is 5.73. The molecular formula is C14H18O4. The van der Waals surface area contributed by atoms with Gasteiger partial charge >= 0.3 is 5.97 Å². The summed E-state index contributed by atoms with van der Waals surface area (Å²) in [6.45, 7) is 6.27. The third kappa shape index (κ3) is 4.59. The highest BCUT2D eigenvalue weighted by atomic mass is 16.5. The molecule has 4 nitrogen and oxygen atoms in total. The van der Waals surface area contributed by atoms with Crippen molar-refractivity contribution in [2.24, 2.45) is 0 Å². The van der Waals surface area contributed by atoms with Crippen LogP contribution in [-0.4, -0.2) is 26.3 Å². The fourth-order valence-electron chi connectivity index (χ4n) is 1.35. The Kier molecular flexibility index (Phi) is 5.94. The Morgan fingerprint density at radius 3 is 2.83 bits per heavy atom. The van der Waals surface area contributed by atoms with E-state index in [9.17, 15) is 4.79 Å². The molecule has 0 aliphatic rings. The van der Waals surface area contributed by atoms with Crippen LogP contribution in [0.2, 0.25) is 0 Å². The number of hydrogen-bond donors (Lipinski definition) is 0. The van der Waals surface area contributed by atoms with E-state index in [0.717, 1.165) is 11.3 Å². The summed E-state index contributed by atoms with van der Waals surface area (Å²) in [6, 6.07) is 7.56. The zero-order valence-electron chi connectivity index (χ0n) is 10.8. The standard InChI is InChI=1S/C14H18O4/c1-4-18-14(15)11(2)9-17-10-12-6-5-7-13(8-12)16-3/h5-8H,2,4,9-10H2,1,3H3. The highest BCUT2D eigenvalue weighted by Crippen LogP contribution is 2.13. The lowest BCUT2D eigenvalue weighted by Gasteiger charge is -2.07. The summed E-state index contributed by atoms with van der Waals surface area (Å²) < 4.78 is 15.3. The van der Waals surface area contributed by atoms with E-state index in [1.807, 2.05) is 24.3 Å². The first-order valence-electron chi connectivity index (χ1n) is 5.73. The molecule has 18 heavy (non-hydrogen) atoms. The predicted molar refractivity (Wildman–Crippen MR) is 68.4 cm³/mol. The van der Waals surface area contributed by atoms with Crippen molar-refractivity contribution in [3.8, 4) is 5.75 Å². The molecule has 4 heteroatoms. The average Bonchev–Trinajstić information content (AvgIpc) is 2.39. The second-order valence-corrected chi connectivity index (χ2v) is 3.67. The lowest BCUT2D eigenvalue weighted by molar-refractivity contribution is -0.139. The summed E-state index contributed by atoms with van der Waals surface area (Å²) in [5.41, 5.74) is 1.30. The maximum atomic E-state index is 11.3. The molecule has 1 aromatic rings. The molecule has 0 saturated heterocycles. The van der Waals surface area contributed by atoms with Gasteiger partial charge in [-0.3, -0.25) is 0 Å². The Morgan fingerprint density at radius 2 is 2.17 bits per heavy atom. The fourth-order valence-corrected chi connectivity index (χ4v) is 1.35. The average molecular weight is 250 g/mol. The van der Waals surface area contributed by atoms with Crippen molar-refractivity contribution in [3.63, 3.8) is 0 Å². The predicted octanol–water partition coefficient (Wildman–Crippen LogP) is 2.33. The number of esters is 1.